The van der Waals surface area contributed by atoms with Crippen LogP contribution in [0.3, 0.4) is 0 Å². The van der Waals surface area contributed by atoms with Gasteiger partial charge in [-0.2, -0.15) is 0 Å². The molecular weight excluding hydrogens is 212 g/mol. The first-order valence-electron chi connectivity index (χ1n) is 4.93. The van der Waals surface area contributed by atoms with Crippen LogP contribution in [0.2, 0.25) is 5.02 Å². The van der Waals surface area contributed by atoms with Gasteiger partial charge in [0.25, 0.3) is 0 Å². The zero-order chi connectivity index (χ0) is 10.7. The molecule has 4 heteroatoms. The molecular formula is C11H12ClN2O. The van der Waals surface area contributed by atoms with E-state index in [9.17, 15) is 4.79 Å². The molecule has 2 rings (SSSR count). The van der Waals surface area contributed by atoms with Crippen LogP contribution in [0, 0.1) is 0 Å². The van der Waals surface area contributed by atoms with Crippen molar-refractivity contribution in [1.29, 1.82) is 0 Å². The quantitative estimate of drug-likeness (QED) is 0.759. The average molecular weight is 224 g/mol. The number of hydrogen-bond donors (Lipinski definition) is 0. The summed E-state index contributed by atoms with van der Waals surface area (Å²) in [6, 6.07) is 7.77. The van der Waals surface area contributed by atoms with Crippen LogP contribution in [0.5, 0.6) is 0 Å². The number of benzene rings is 1. The van der Waals surface area contributed by atoms with Crippen LogP contribution in [0.15, 0.2) is 24.3 Å². The highest BCUT2D eigenvalue weighted by Crippen LogP contribution is 2.18. The lowest BCUT2D eigenvalue weighted by Crippen LogP contribution is -2.45. The molecule has 15 heavy (non-hydrogen) atoms. The van der Waals surface area contributed by atoms with Gasteiger partial charge in [0.2, 0.25) is 0 Å². The summed E-state index contributed by atoms with van der Waals surface area (Å²) in [6.07, 6.45) is 1.92. The SMILES string of the molecule is O=[C]N1CCN(c2ccc(Cl)cc2)CC1. The van der Waals surface area contributed by atoms with Gasteiger partial charge in [-0.15, -0.1) is 0 Å². The van der Waals surface area contributed by atoms with Crippen LogP contribution in [0.25, 0.3) is 0 Å². The maximum atomic E-state index is 10.4. The van der Waals surface area contributed by atoms with Gasteiger partial charge in [0.05, 0.1) is 0 Å². The largest absolute Gasteiger partial charge is 0.368 e. The summed E-state index contributed by atoms with van der Waals surface area (Å²) < 4.78 is 0. The standard InChI is InChI=1S/C11H12ClN2O/c12-10-1-3-11(4-2-10)14-7-5-13(9-15)6-8-14/h1-4H,5-8H2. The molecule has 0 atom stereocenters. The van der Waals surface area contributed by atoms with Crippen molar-refractivity contribution in [2.75, 3.05) is 31.1 Å². The number of rotatable bonds is 2. The number of piperazine rings is 1. The molecule has 1 aromatic carbocycles. The van der Waals surface area contributed by atoms with Crippen LogP contribution in [-0.4, -0.2) is 37.5 Å². The van der Waals surface area contributed by atoms with E-state index in [0.717, 1.165) is 36.9 Å². The Bertz CT molecular complexity index is 331. The molecule has 0 aromatic heterocycles. The molecule has 0 bridgehead atoms. The number of amides is 1. The maximum absolute atomic E-state index is 10.4. The second kappa shape index (κ2) is 4.53. The van der Waals surface area contributed by atoms with Crippen molar-refractivity contribution in [1.82, 2.24) is 4.90 Å². The van der Waals surface area contributed by atoms with E-state index in [1.165, 1.54) is 0 Å². The topological polar surface area (TPSA) is 23.6 Å². The molecule has 0 spiro atoms. The average Bonchev–Trinajstić information content (AvgIpc) is 2.30. The summed E-state index contributed by atoms with van der Waals surface area (Å²) in [6.45, 7) is 3.20. The molecule has 1 amide bonds. The van der Waals surface area contributed by atoms with Gasteiger partial charge in [-0.05, 0) is 24.3 Å². The van der Waals surface area contributed by atoms with Crippen LogP contribution >= 0.6 is 11.6 Å². The lowest BCUT2D eigenvalue weighted by molar-refractivity contribution is 0.357. The Morgan fingerprint density at radius 3 is 2.20 bits per heavy atom. The third-order valence-corrected chi connectivity index (χ3v) is 2.85. The minimum absolute atomic E-state index is 0.742. The molecule has 3 nitrogen and oxygen atoms in total. The van der Waals surface area contributed by atoms with Crippen LogP contribution in [0.4, 0.5) is 5.69 Å². The summed E-state index contributed by atoms with van der Waals surface area (Å²) in [4.78, 5) is 14.3. The monoisotopic (exact) mass is 223 g/mol. The van der Waals surface area contributed by atoms with Gasteiger partial charge in [0.15, 0.2) is 0 Å². The highest BCUT2D eigenvalue weighted by atomic mass is 35.5. The predicted octanol–water partition coefficient (Wildman–Crippen LogP) is 1.53. The van der Waals surface area contributed by atoms with Gasteiger partial charge in [0.1, 0.15) is 0 Å². The molecule has 0 saturated carbocycles. The van der Waals surface area contributed by atoms with E-state index in [0.29, 0.717) is 0 Å². The first kappa shape index (κ1) is 10.3. The van der Waals surface area contributed by atoms with E-state index in [-0.39, 0.29) is 0 Å². The second-order valence-electron chi connectivity index (χ2n) is 3.54. The zero-order valence-corrected chi connectivity index (χ0v) is 9.07. The van der Waals surface area contributed by atoms with Gasteiger partial charge >= 0.3 is 6.41 Å². The Labute approximate surface area is 94.2 Å². The molecule has 1 aliphatic heterocycles. The summed E-state index contributed by atoms with van der Waals surface area (Å²) >= 11 is 5.82. The van der Waals surface area contributed by atoms with Crippen molar-refractivity contribution in [2.24, 2.45) is 0 Å². The highest BCUT2D eigenvalue weighted by Gasteiger charge is 2.15. The number of halogens is 1. The van der Waals surface area contributed by atoms with Gasteiger partial charge in [-0.25, -0.2) is 0 Å². The smallest absolute Gasteiger partial charge is 0.312 e. The van der Waals surface area contributed by atoms with E-state index in [1.807, 2.05) is 30.7 Å². The summed E-state index contributed by atoms with van der Waals surface area (Å²) in [5.41, 5.74) is 1.16. The Balaban J connectivity index is 2.01. The number of carbonyl (C=O) groups excluding carboxylic acids is 1. The molecule has 1 fully saturated rings. The molecule has 1 radical (unpaired) electrons. The van der Waals surface area contributed by atoms with E-state index in [1.54, 1.807) is 4.90 Å². The van der Waals surface area contributed by atoms with E-state index in [4.69, 9.17) is 11.6 Å². The van der Waals surface area contributed by atoms with Crippen LogP contribution in [0.1, 0.15) is 0 Å². The molecule has 1 heterocycles. The van der Waals surface area contributed by atoms with Gasteiger partial charge in [-0.1, -0.05) is 11.6 Å². The van der Waals surface area contributed by atoms with Crippen molar-refractivity contribution >= 4 is 23.7 Å². The number of hydrogen-bond acceptors (Lipinski definition) is 2. The lowest BCUT2D eigenvalue weighted by Gasteiger charge is -2.33. The third kappa shape index (κ3) is 2.42. The number of anilines is 1. The van der Waals surface area contributed by atoms with Crippen molar-refractivity contribution in [2.45, 2.75) is 0 Å². The van der Waals surface area contributed by atoms with Gasteiger partial charge < -0.3 is 9.80 Å². The highest BCUT2D eigenvalue weighted by molar-refractivity contribution is 6.30. The molecule has 0 unspecified atom stereocenters. The summed E-state index contributed by atoms with van der Waals surface area (Å²) in [7, 11) is 0. The summed E-state index contributed by atoms with van der Waals surface area (Å²) in [5, 5.41) is 0.749. The van der Waals surface area contributed by atoms with Crippen LogP contribution in [-0.2, 0) is 4.79 Å². The van der Waals surface area contributed by atoms with Crippen molar-refractivity contribution in [3.8, 4) is 0 Å². The second-order valence-corrected chi connectivity index (χ2v) is 3.98. The normalized spacial score (nSPS) is 16.6. The Hall–Kier alpha value is -1.22. The first-order valence-corrected chi connectivity index (χ1v) is 5.30. The molecule has 1 saturated heterocycles. The molecule has 1 aromatic rings. The Morgan fingerprint density at radius 2 is 1.67 bits per heavy atom. The van der Waals surface area contributed by atoms with Crippen molar-refractivity contribution in [3.63, 3.8) is 0 Å². The minimum Gasteiger partial charge on any atom is -0.368 e. The fourth-order valence-electron chi connectivity index (χ4n) is 1.71. The van der Waals surface area contributed by atoms with Gasteiger partial charge in [0, 0.05) is 36.9 Å². The van der Waals surface area contributed by atoms with E-state index in [2.05, 4.69) is 4.90 Å². The fourth-order valence-corrected chi connectivity index (χ4v) is 1.83. The number of nitrogens with zero attached hydrogens (tertiary/aromatic N) is 2. The summed E-state index contributed by atoms with van der Waals surface area (Å²) in [5.74, 6) is 0. The Morgan fingerprint density at radius 1 is 1.07 bits per heavy atom. The molecule has 0 aliphatic carbocycles. The van der Waals surface area contributed by atoms with Crippen molar-refractivity contribution in [3.05, 3.63) is 29.3 Å². The zero-order valence-electron chi connectivity index (χ0n) is 8.32. The Kier molecular flexibility index (Phi) is 3.11. The fraction of sp³-hybridized carbons (Fsp3) is 0.364. The van der Waals surface area contributed by atoms with E-state index < -0.39 is 0 Å². The van der Waals surface area contributed by atoms with Gasteiger partial charge in [-0.3, -0.25) is 4.79 Å². The third-order valence-electron chi connectivity index (χ3n) is 2.60. The van der Waals surface area contributed by atoms with E-state index >= 15 is 0 Å². The predicted molar refractivity (Wildman–Crippen MR) is 60.9 cm³/mol. The molecule has 1 aliphatic rings. The van der Waals surface area contributed by atoms with Crippen LogP contribution < -0.4 is 4.90 Å². The minimum atomic E-state index is 0.742. The lowest BCUT2D eigenvalue weighted by atomic mass is 10.2. The maximum Gasteiger partial charge on any atom is 0.312 e. The first-order chi connectivity index (χ1) is 7.29. The molecule has 79 valence electrons. The van der Waals surface area contributed by atoms with Crippen molar-refractivity contribution < 1.29 is 4.79 Å². The molecule has 0 N–H and O–H groups in total.